The summed E-state index contributed by atoms with van der Waals surface area (Å²) in [6.45, 7) is 1.82. The van der Waals surface area contributed by atoms with Gasteiger partial charge in [0, 0.05) is 11.8 Å². The number of aromatic nitrogens is 2. The third-order valence-corrected chi connectivity index (χ3v) is 3.25. The second-order valence-corrected chi connectivity index (χ2v) is 4.59. The Morgan fingerprint density at radius 1 is 1.64 bits per heavy atom. The average molecular weight is 214 g/mol. The van der Waals surface area contributed by atoms with E-state index in [1.165, 1.54) is 5.75 Å². The molecule has 2 rings (SSSR count). The normalized spacial score (nSPS) is 23.7. The minimum atomic E-state index is -0.198. The summed E-state index contributed by atoms with van der Waals surface area (Å²) >= 11 is 1.94. The molecular formula is C8H14N4OS. The Bertz CT molecular complexity index is 295. The van der Waals surface area contributed by atoms with Crippen LogP contribution in [-0.2, 0) is 0 Å². The predicted octanol–water partition coefficient (Wildman–Crippen LogP) is 1.01. The van der Waals surface area contributed by atoms with Gasteiger partial charge in [-0.25, -0.2) is 0 Å². The Kier molecular flexibility index (Phi) is 2.93. The molecule has 0 radical (unpaired) electrons. The summed E-state index contributed by atoms with van der Waals surface area (Å²) in [5, 5.41) is 10.9. The van der Waals surface area contributed by atoms with Crippen molar-refractivity contribution in [2.75, 3.05) is 16.8 Å². The molecular weight excluding hydrogens is 200 g/mol. The van der Waals surface area contributed by atoms with Crippen molar-refractivity contribution >= 4 is 17.8 Å². The van der Waals surface area contributed by atoms with Crippen LogP contribution in [0.5, 0.6) is 0 Å². The molecule has 0 saturated carbocycles. The van der Waals surface area contributed by atoms with Gasteiger partial charge >= 0.3 is 6.01 Å². The molecule has 1 aromatic rings. The van der Waals surface area contributed by atoms with Gasteiger partial charge in [0.15, 0.2) is 0 Å². The Labute approximate surface area is 86.8 Å². The van der Waals surface area contributed by atoms with E-state index in [0.717, 1.165) is 12.2 Å². The first-order chi connectivity index (χ1) is 6.75. The highest BCUT2D eigenvalue weighted by atomic mass is 32.2. The number of nitrogens with one attached hydrogen (secondary N) is 1. The van der Waals surface area contributed by atoms with Gasteiger partial charge in [-0.05, 0) is 19.1 Å². The molecule has 5 nitrogen and oxygen atoms in total. The zero-order valence-electron chi connectivity index (χ0n) is 8.06. The van der Waals surface area contributed by atoms with E-state index in [2.05, 4.69) is 15.5 Å². The number of hydrogen-bond donors (Lipinski definition) is 2. The quantitative estimate of drug-likeness (QED) is 0.782. The van der Waals surface area contributed by atoms with Crippen LogP contribution in [0.4, 0.5) is 6.01 Å². The summed E-state index contributed by atoms with van der Waals surface area (Å²) in [6.07, 6.45) is 1.15. The highest BCUT2D eigenvalue weighted by Gasteiger charge is 2.18. The van der Waals surface area contributed by atoms with E-state index in [0.29, 0.717) is 17.9 Å². The predicted molar refractivity (Wildman–Crippen MR) is 56.3 cm³/mol. The maximum absolute atomic E-state index is 5.61. The van der Waals surface area contributed by atoms with Gasteiger partial charge in [0.1, 0.15) is 0 Å². The van der Waals surface area contributed by atoms with Gasteiger partial charge in [0.25, 0.3) is 0 Å². The number of hydrogen-bond acceptors (Lipinski definition) is 6. The molecule has 1 aromatic heterocycles. The van der Waals surface area contributed by atoms with Crippen LogP contribution in [0.15, 0.2) is 4.42 Å². The van der Waals surface area contributed by atoms with Gasteiger partial charge in [-0.15, -0.1) is 5.10 Å². The van der Waals surface area contributed by atoms with Crippen LogP contribution in [0, 0.1) is 0 Å². The average Bonchev–Trinajstić information content (AvgIpc) is 2.75. The SMILES string of the molecule is CC(N)c1nnc(NC2CCSC2)o1. The van der Waals surface area contributed by atoms with Crippen molar-refractivity contribution < 1.29 is 4.42 Å². The van der Waals surface area contributed by atoms with Crippen molar-refractivity contribution in [3.8, 4) is 0 Å². The molecule has 0 amide bonds. The van der Waals surface area contributed by atoms with E-state index < -0.39 is 0 Å². The van der Waals surface area contributed by atoms with Gasteiger partial charge < -0.3 is 15.5 Å². The molecule has 14 heavy (non-hydrogen) atoms. The van der Waals surface area contributed by atoms with Crippen LogP contribution in [-0.4, -0.2) is 27.7 Å². The molecule has 0 aromatic carbocycles. The van der Waals surface area contributed by atoms with Crippen molar-refractivity contribution in [1.82, 2.24) is 10.2 Å². The van der Waals surface area contributed by atoms with E-state index in [1.807, 2.05) is 18.7 Å². The number of nitrogens with two attached hydrogens (primary N) is 1. The van der Waals surface area contributed by atoms with E-state index >= 15 is 0 Å². The minimum absolute atomic E-state index is 0.198. The van der Waals surface area contributed by atoms with Crippen LogP contribution in [0.25, 0.3) is 0 Å². The number of thioether (sulfide) groups is 1. The molecule has 6 heteroatoms. The van der Waals surface area contributed by atoms with Crippen LogP contribution in [0.2, 0.25) is 0 Å². The Morgan fingerprint density at radius 3 is 3.07 bits per heavy atom. The summed E-state index contributed by atoms with van der Waals surface area (Å²) in [6, 6.07) is 0.752. The van der Waals surface area contributed by atoms with Gasteiger partial charge in [0.2, 0.25) is 5.89 Å². The first-order valence-electron chi connectivity index (χ1n) is 4.69. The summed E-state index contributed by atoms with van der Waals surface area (Å²) in [5.41, 5.74) is 5.61. The molecule has 2 unspecified atom stereocenters. The van der Waals surface area contributed by atoms with Crippen molar-refractivity contribution in [2.24, 2.45) is 5.73 Å². The van der Waals surface area contributed by atoms with E-state index in [-0.39, 0.29) is 6.04 Å². The van der Waals surface area contributed by atoms with E-state index in [9.17, 15) is 0 Å². The molecule has 2 heterocycles. The van der Waals surface area contributed by atoms with Crippen LogP contribution >= 0.6 is 11.8 Å². The van der Waals surface area contributed by atoms with Gasteiger partial charge in [-0.2, -0.15) is 11.8 Å². The fraction of sp³-hybridized carbons (Fsp3) is 0.750. The lowest BCUT2D eigenvalue weighted by Gasteiger charge is -2.07. The summed E-state index contributed by atoms with van der Waals surface area (Å²) in [7, 11) is 0. The second-order valence-electron chi connectivity index (χ2n) is 3.44. The summed E-state index contributed by atoms with van der Waals surface area (Å²) in [5.74, 6) is 2.79. The number of nitrogens with zero attached hydrogens (tertiary/aromatic N) is 2. The summed E-state index contributed by atoms with van der Waals surface area (Å²) in [4.78, 5) is 0. The Hall–Kier alpha value is -0.750. The number of rotatable bonds is 3. The maximum Gasteiger partial charge on any atom is 0.315 e. The first-order valence-corrected chi connectivity index (χ1v) is 5.84. The number of anilines is 1. The minimum Gasteiger partial charge on any atom is -0.406 e. The smallest absolute Gasteiger partial charge is 0.315 e. The molecule has 0 spiro atoms. The molecule has 3 N–H and O–H groups in total. The molecule has 0 aliphatic carbocycles. The lowest BCUT2D eigenvalue weighted by Crippen LogP contribution is -2.18. The largest absolute Gasteiger partial charge is 0.406 e. The molecule has 1 fully saturated rings. The molecule has 2 atom stereocenters. The van der Waals surface area contributed by atoms with E-state index in [1.54, 1.807) is 0 Å². The Balaban J connectivity index is 1.95. The van der Waals surface area contributed by atoms with Crippen molar-refractivity contribution in [1.29, 1.82) is 0 Å². The molecule has 1 aliphatic heterocycles. The molecule has 1 aliphatic rings. The topological polar surface area (TPSA) is 77.0 Å². The molecule has 78 valence electrons. The van der Waals surface area contributed by atoms with E-state index in [4.69, 9.17) is 10.2 Å². The summed E-state index contributed by atoms with van der Waals surface area (Å²) < 4.78 is 5.34. The second kappa shape index (κ2) is 4.18. The highest BCUT2D eigenvalue weighted by Crippen LogP contribution is 2.21. The van der Waals surface area contributed by atoms with Gasteiger partial charge in [0.05, 0.1) is 6.04 Å². The van der Waals surface area contributed by atoms with Crippen LogP contribution < -0.4 is 11.1 Å². The van der Waals surface area contributed by atoms with Crippen LogP contribution in [0.3, 0.4) is 0 Å². The van der Waals surface area contributed by atoms with Crippen LogP contribution in [0.1, 0.15) is 25.3 Å². The fourth-order valence-corrected chi connectivity index (χ4v) is 2.45. The monoisotopic (exact) mass is 214 g/mol. The maximum atomic E-state index is 5.61. The zero-order valence-corrected chi connectivity index (χ0v) is 8.88. The molecule has 0 bridgehead atoms. The zero-order chi connectivity index (χ0) is 9.97. The fourth-order valence-electron chi connectivity index (χ4n) is 1.30. The lowest BCUT2D eigenvalue weighted by molar-refractivity contribution is 0.469. The highest BCUT2D eigenvalue weighted by molar-refractivity contribution is 7.99. The lowest BCUT2D eigenvalue weighted by atomic mass is 10.3. The van der Waals surface area contributed by atoms with Gasteiger partial charge in [-0.3, -0.25) is 0 Å². The standard InChI is InChI=1S/C8H14N4OS/c1-5(9)7-11-12-8(13-7)10-6-2-3-14-4-6/h5-6H,2-4,9H2,1H3,(H,10,12). The van der Waals surface area contributed by atoms with Crippen molar-refractivity contribution in [3.05, 3.63) is 5.89 Å². The third-order valence-electron chi connectivity index (χ3n) is 2.09. The third kappa shape index (κ3) is 2.19. The first kappa shape index (κ1) is 9.79. The van der Waals surface area contributed by atoms with Crippen molar-refractivity contribution in [2.45, 2.75) is 25.4 Å². The van der Waals surface area contributed by atoms with Crippen molar-refractivity contribution in [3.63, 3.8) is 0 Å². The van der Waals surface area contributed by atoms with Gasteiger partial charge in [-0.1, -0.05) is 5.10 Å². The Morgan fingerprint density at radius 2 is 2.50 bits per heavy atom. The molecule has 1 saturated heterocycles.